The molecule has 0 saturated carbocycles. The van der Waals surface area contributed by atoms with Gasteiger partial charge in [-0.3, -0.25) is 9.69 Å². The number of nitrogens with one attached hydrogen (secondary N) is 1. The monoisotopic (exact) mass is 294 g/mol. The molecule has 21 heavy (non-hydrogen) atoms. The van der Waals surface area contributed by atoms with Crippen LogP contribution in [0.2, 0.25) is 0 Å². The van der Waals surface area contributed by atoms with Crippen molar-refractivity contribution >= 4 is 11.7 Å². The smallest absolute Gasteiger partial charge is 0.242 e. The molecule has 1 amide bonds. The number of nitrogens with zero attached hydrogens (tertiary/aromatic N) is 3. The van der Waals surface area contributed by atoms with Crippen LogP contribution >= 0.6 is 0 Å². The van der Waals surface area contributed by atoms with Gasteiger partial charge in [-0.2, -0.15) is 5.10 Å². The van der Waals surface area contributed by atoms with Gasteiger partial charge in [-0.1, -0.05) is 0 Å². The number of aromatic nitrogens is 2. The van der Waals surface area contributed by atoms with Crippen molar-refractivity contribution in [3.63, 3.8) is 0 Å². The molecule has 3 atom stereocenters. The minimum Gasteiger partial charge on any atom is -0.373 e. The number of hydrogen-bond acceptors (Lipinski definition) is 4. The average molecular weight is 294 g/mol. The molecule has 1 aromatic heterocycles. The van der Waals surface area contributed by atoms with Gasteiger partial charge in [0.15, 0.2) is 0 Å². The van der Waals surface area contributed by atoms with Crippen molar-refractivity contribution in [2.75, 3.05) is 18.4 Å². The van der Waals surface area contributed by atoms with Gasteiger partial charge in [0.2, 0.25) is 5.91 Å². The molecule has 1 saturated heterocycles. The summed E-state index contributed by atoms with van der Waals surface area (Å²) < 4.78 is 7.53. The van der Waals surface area contributed by atoms with Gasteiger partial charge in [0.1, 0.15) is 5.82 Å². The third-order valence-electron chi connectivity index (χ3n) is 3.79. The van der Waals surface area contributed by atoms with Gasteiger partial charge in [-0.25, -0.2) is 4.68 Å². The van der Waals surface area contributed by atoms with Crippen LogP contribution in [0.1, 0.15) is 40.7 Å². The zero-order chi connectivity index (χ0) is 15.6. The number of ether oxygens (including phenoxy) is 1. The topological polar surface area (TPSA) is 59.4 Å². The van der Waals surface area contributed by atoms with Crippen molar-refractivity contribution in [1.82, 2.24) is 14.7 Å². The molecule has 118 valence electrons. The summed E-state index contributed by atoms with van der Waals surface area (Å²) in [4.78, 5) is 14.6. The summed E-state index contributed by atoms with van der Waals surface area (Å²) in [6.07, 6.45) is 2.02. The Labute approximate surface area is 126 Å². The summed E-state index contributed by atoms with van der Waals surface area (Å²) in [6.45, 7) is 11.7. The van der Waals surface area contributed by atoms with E-state index < -0.39 is 0 Å². The van der Waals surface area contributed by atoms with Crippen LogP contribution in [0.15, 0.2) is 12.3 Å². The van der Waals surface area contributed by atoms with E-state index in [2.05, 4.69) is 15.3 Å². The van der Waals surface area contributed by atoms with Gasteiger partial charge >= 0.3 is 0 Å². The van der Waals surface area contributed by atoms with E-state index in [1.54, 1.807) is 6.20 Å². The molecule has 1 aliphatic rings. The maximum absolute atomic E-state index is 12.5. The maximum Gasteiger partial charge on any atom is 0.242 e. The molecule has 2 heterocycles. The summed E-state index contributed by atoms with van der Waals surface area (Å²) in [5, 5.41) is 7.21. The first-order chi connectivity index (χ1) is 9.88. The van der Waals surface area contributed by atoms with E-state index in [9.17, 15) is 4.79 Å². The number of amides is 1. The molecular formula is C15H26N4O2. The first-order valence-corrected chi connectivity index (χ1v) is 7.62. The van der Waals surface area contributed by atoms with Crippen molar-refractivity contribution in [2.45, 2.75) is 58.9 Å². The van der Waals surface area contributed by atoms with Crippen molar-refractivity contribution in [3.8, 4) is 0 Å². The fourth-order valence-electron chi connectivity index (χ4n) is 2.76. The van der Waals surface area contributed by atoms with E-state index in [4.69, 9.17) is 4.74 Å². The average Bonchev–Trinajstić information content (AvgIpc) is 2.84. The number of morpholine rings is 1. The van der Waals surface area contributed by atoms with E-state index in [1.165, 1.54) is 0 Å². The number of anilines is 1. The molecule has 0 radical (unpaired) electrons. The van der Waals surface area contributed by atoms with E-state index in [0.717, 1.165) is 18.9 Å². The lowest BCUT2D eigenvalue weighted by Gasteiger charge is -2.38. The highest BCUT2D eigenvalue weighted by molar-refractivity contribution is 5.93. The Kier molecular flexibility index (Phi) is 5.00. The van der Waals surface area contributed by atoms with Gasteiger partial charge in [0.05, 0.1) is 24.4 Å². The fourth-order valence-corrected chi connectivity index (χ4v) is 2.76. The van der Waals surface area contributed by atoms with Gasteiger partial charge < -0.3 is 10.1 Å². The molecule has 1 N–H and O–H groups in total. The Morgan fingerprint density at radius 1 is 1.33 bits per heavy atom. The first-order valence-electron chi connectivity index (χ1n) is 7.62. The largest absolute Gasteiger partial charge is 0.373 e. The summed E-state index contributed by atoms with van der Waals surface area (Å²) in [5.74, 6) is 0.745. The second-order valence-electron chi connectivity index (χ2n) is 6.13. The van der Waals surface area contributed by atoms with E-state index in [0.29, 0.717) is 0 Å². The predicted octanol–water partition coefficient (Wildman–Crippen LogP) is 1.90. The Balaban J connectivity index is 2.00. The summed E-state index contributed by atoms with van der Waals surface area (Å²) in [6, 6.07) is 1.86. The molecule has 1 aromatic rings. The highest BCUT2D eigenvalue weighted by Gasteiger charge is 2.29. The van der Waals surface area contributed by atoms with Gasteiger partial charge in [0.25, 0.3) is 0 Å². The standard InChI is InChI=1S/C15H26N4O2/c1-10(2)19-14(6-7-16-19)17-15(20)13(5)18-8-11(3)21-12(4)9-18/h6-7,10-13H,8-9H2,1-5H3,(H,17,20)/t11-,12+,13-/m0/s1. The van der Waals surface area contributed by atoms with E-state index in [-0.39, 0.29) is 30.2 Å². The predicted molar refractivity (Wildman–Crippen MR) is 82.3 cm³/mol. The molecule has 0 bridgehead atoms. The van der Waals surface area contributed by atoms with E-state index >= 15 is 0 Å². The number of hydrogen-bond donors (Lipinski definition) is 1. The van der Waals surface area contributed by atoms with Gasteiger partial charge in [-0.15, -0.1) is 0 Å². The lowest BCUT2D eigenvalue weighted by atomic mass is 10.1. The lowest BCUT2D eigenvalue weighted by molar-refractivity contribution is -0.126. The van der Waals surface area contributed by atoms with Crippen LogP contribution in [-0.4, -0.2) is 51.9 Å². The minimum absolute atomic E-state index is 0.00120. The third kappa shape index (κ3) is 3.83. The summed E-state index contributed by atoms with van der Waals surface area (Å²) >= 11 is 0. The van der Waals surface area contributed by atoms with Crippen molar-refractivity contribution in [3.05, 3.63) is 12.3 Å². The second kappa shape index (κ2) is 6.58. The molecule has 6 nitrogen and oxygen atoms in total. The molecule has 6 heteroatoms. The van der Waals surface area contributed by atoms with Crippen molar-refractivity contribution < 1.29 is 9.53 Å². The quantitative estimate of drug-likeness (QED) is 0.921. The van der Waals surface area contributed by atoms with Crippen LogP contribution in [0.5, 0.6) is 0 Å². The molecule has 0 aromatic carbocycles. The highest BCUT2D eigenvalue weighted by atomic mass is 16.5. The zero-order valence-electron chi connectivity index (χ0n) is 13.5. The van der Waals surface area contributed by atoms with Crippen LogP contribution in [0.4, 0.5) is 5.82 Å². The Bertz CT molecular complexity index is 476. The molecule has 0 unspecified atom stereocenters. The normalized spacial score (nSPS) is 25.0. The number of carbonyl (C=O) groups excluding carboxylic acids is 1. The van der Waals surface area contributed by atoms with Crippen LogP contribution < -0.4 is 5.32 Å². The molecule has 0 aliphatic carbocycles. The highest BCUT2D eigenvalue weighted by Crippen LogP contribution is 2.17. The maximum atomic E-state index is 12.5. The summed E-state index contributed by atoms with van der Waals surface area (Å²) in [7, 11) is 0. The van der Waals surface area contributed by atoms with Gasteiger partial charge in [-0.05, 0) is 34.6 Å². The molecule has 1 aliphatic heterocycles. The van der Waals surface area contributed by atoms with Crippen molar-refractivity contribution in [1.29, 1.82) is 0 Å². The Morgan fingerprint density at radius 3 is 2.52 bits per heavy atom. The molecule has 0 spiro atoms. The zero-order valence-corrected chi connectivity index (χ0v) is 13.5. The second-order valence-corrected chi connectivity index (χ2v) is 6.13. The van der Waals surface area contributed by atoms with Crippen LogP contribution in [0.25, 0.3) is 0 Å². The third-order valence-corrected chi connectivity index (χ3v) is 3.79. The molecule has 2 rings (SSSR count). The molecule has 1 fully saturated rings. The first kappa shape index (κ1) is 16.0. The SMILES string of the molecule is CC(C)n1nccc1NC(=O)[C@H](C)N1C[C@@H](C)O[C@@H](C)C1. The Hall–Kier alpha value is -1.40. The number of carbonyl (C=O) groups is 1. The molecular weight excluding hydrogens is 268 g/mol. The Morgan fingerprint density at radius 2 is 1.95 bits per heavy atom. The fraction of sp³-hybridized carbons (Fsp3) is 0.733. The van der Waals surface area contributed by atoms with Gasteiger partial charge in [0, 0.05) is 25.2 Å². The number of rotatable bonds is 4. The van der Waals surface area contributed by atoms with Crippen molar-refractivity contribution in [2.24, 2.45) is 0 Å². The van der Waals surface area contributed by atoms with Crippen LogP contribution in [-0.2, 0) is 9.53 Å². The van der Waals surface area contributed by atoms with Crippen LogP contribution in [0, 0.1) is 0 Å². The van der Waals surface area contributed by atoms with E-state index in [1.807, 2.05) is 45.4 Å². The van der Waals surface area contributed by atoms with Crippen LogP contribution in [0.3, 0.4) is 0 Å². The minimum atomic E-state index is -0.186. The summed E-state index contributed by atoms with van der Waals surface area (Å²) in [5.41, 5.74) is 0. The lowest BCUT2D eigenvalue weighted by Crippen LogP contribution is -2.52.